The number of thioether (sulfide) groups is 1. The third-order valence-corrected chi connectivity index (χ3v) is 5.49. The number of aryl methyl sites for hydroxylation is 1. The average molecular weight is 360 g/mol. The minimum Gasteiger partial charge on any atom is -0.328 e. The molecule has 5 heteroatoms. The van der Waals surface area contributed by atoms with Crippen LogP contribution in [0.25, 0.3) is 11.0 Å². The van der Waals surface area contributed by atoms with Crippen LogP contribution in [-0.2, 0) is 13.0 Å². The van der Waals surface area contributed by atoms with Crippen molar-refractivity contribution in [2.45, 2.75) is 19.4 Å². The van der Waals surface area contributed by atoms with Crippen LogP contribution in [0.5, 0.6) is 0 Å². The number of rotatable bonds is 4. The molecule has 0 amide bonds. The third kappa shape index (κ3) is 2.96. The predicted octanol–water partition coefficient (Wildman–Crippen LogP) is 4.33. The molecule has 1 aliphatic heterocycles. The summed E-state index contributed by atoms with van der Waals surface area (Å²) in [5.41, 5.74) is 2.31. The number of alkyl halides is 1. The summed E-state index contributed by atoms with van der Waals surface area (Å²) in [6, 6.07) is 6.30. The van der Waals surface area contributed by atoms with Crippen molar-refractivity contribution in [1.29, 1.82) is 0 Å². The van der Waals surface area contributed by atoms with Gasteiger partial charge in [0, 0.05) is 23.3 Å². The molecule has 1 unspecified atom stereocenters. The van der Waals surface area contributed by atoms with Crippen molar-refractivity contribution in [1.82, 2.24) is 9.55 Å². The van der Waals surface area contributed by atoms with Crippen molar-refractivity contribution in [3.05, 3.63) is 28.5 Å². The Morgan fingerprint density at radius 3 is 3.11 bits per heavy atom. The van der Waals surface area contributed by atoms with Crippen LogP contribution in [0.2, 0.25) is 0 Å². The number of nitrogens with zero attached hydrogens (tertiary/aromatic N) is 2. The first kappa shape index (κ1) is 13.8. The molecule has 0 saturated carbocycles. The molecule has 102 valence electrons. The molecule has 2 nitrogen and oxygen atoms in total. The van der Waals surface area contributed by atoms with Crippen LogP contribution >= 0.6 is 39.3 Å². The monoisotopic (exact) mass is 358 g/mol. The van der Waals surface area contributed by atoms with Gasteiger partial charge in [0.25, 0.3) is 0 Å². The highest BCUT2D eigenvalue weighted by Gasteiger charge is 2.19. The minimum atomic E-state index is 0.629. The Morgan fingerprint density at radius 2 is 2.37 bits per heavy atom. The van der Waals surface area contributed by atoms with Gasteiger partial charge in [-0.3, -0.25) is 0 Å². The van der Waals surface area contributed by atoms with Crippen LogP contribution in [0.15, 0.2) is 22.7 Å². The summed E-state index contributed by atoms with van der Waals surface area (Å²) in [6.07, 6.45) is 2.16. The molecule has 0 N–H and O–H groups in total. The molecule has 1 aromatic heterocycles. The fraction of sp³-hybridized carbons (Fsp3) is 0.500. The molecule has 19 heavy (non-hydrogen) atoms. The highest BCUT2D eigenvalue weighted by molar-refractivity contribution is 9.10. The van der Waals surface area contributed by atoms with Gasteiger partial charge in [-0.25, -0.2) is 4.98 Å². The lowest BCUT2D eigenvalue weighted by molar-refractivity contribution is 0.490. The average Bonchev–Trinajstić information content (AvgIpc) is 3.00. The smallest absolute Gasteiger partial charge is 0.111 e. The Balaban J connectivity index is 2.01. The van der Waals surface area contributed by atoms with E-state index in [0.717, 1.165) is 34.7 Å². The quantitative estimate of drug-likeness (QED) is 0.756. The van der Waals surface area contributed by atoms with Crippen LogP contribution < -0.4 is 0 Å². The largest absolute Gasteiger partial charge is 0.328 e. The SMILES string of the molecule is ClCCc1nc2ccc(Br)cc2n1CC1CCSC1. The molecule has 3 rings (SSSR count). The van der Waals surface area contributed by atoms with Crippen molar-refractivity contribution in [3.63, 3.8) is 0 Å². The van der Waals surface area contributed by atoms with E-state index in [0.29, 0.717) is 5.88 Å². The maximum Gasteiger partial charge on any atom is 0.111 e. The highest BCUT2D eigenvalue weighted by atomic mass is 79.9. The van der Waals surface area contributed by atoms with E-state index >= 15 is 0 Å². The summed E-state index contributed by atoms with van der Waals surface area (Å²) < 4.78 is 3.48. The van der Waals surface area contributed by atoms with Crippen molar-refractivity contribution in [2.75, 3.05) is 17.4 Å². The van der Waals surface area contributed by atoms with Gasteiger partial charge in [-0.15, -0.1) is 11.6 Å². The van der Waals surface area contributed by atoms with E-state index in [4.69, 9.17) is 16.6 Å². The zero-order valence-corrected chi connectivity index (χ0v) is 13.8. The maximum atomic E-state index is 5.92. The standard InChI is InChI=1S/C14H16BrClN2S/c15-11-1-2-12-13(7-11)18(14(17-12)3-5-16)8-10-4-6-19-9-10/h1-2,7,10H,3-6,8-9H2. The van der Waals surface area contributed by atoms with Crippen molar-refractivity contribution in [3.8, 4) is 0 Å². The van der Waals surface area contributed by atoms with Crippen LogP contribution in [-0.4, -0.2) is 26.9 Å². The zero-order valence-electron chi connectivity index (χ0n) is 10.6. The second-order valence-electron chi connectivity index (χ2n) is 4.94. The first-order chi connectivity index (χ1) is 9.28. The van der Waals surface area contributed by atoms with E-state index in [1.165, 1.54) is 23.4 Å². The lowest BCUT2D eigenvalue weighted by Gasteiger charge is -2.13. The number of benzene rings is 1. The van der Waals surface area contributed by atoms with Crippen molar-refractivity contribution < 1.29 is 0 Å². The van der Waals surface area contributed by atoms with Crippen LogP contribution in [0.1, 0.15) is 12.2 Å². The van der Waals surface area contributed by atoms with Crippen LogP contribution in [0, 0.1) is 5.92 Å². The highest BCUT2D eigenvalue weighted by Crippen LogP contribution is 2.28. The summed E-state index contributed by atoms with van der Waals surface area (Å²) in [7, 11) is 0. The summed E-state index contributed by atoms with van der Waals surface area (Å²) in [4.78, 5) is 4.74. The zero-order chi connectivity index (χ0) is 13.2. The topological polar surface area (TPSA) is 17.8 Å². The van der Waals surface area contributed by atoms with Crippen LogP contribution in [0.4, 0.5) is 0 Å². The summed E-state index contributed by atoms with van der Waals surface area (Å²) in [5, 5.41) is 0. The van der Waals surface area contributed by atoms with E-state index in [1.54, 1.807) is 0 Å². The van der Waals surface area contributed by atoms with Gasteiger partial charge < -0.3 is 4.57 Å². The molecule has 0 radical (unpaired) electrons. The van der Waals surface area contributed by atoms with Gasteiger partial charge in [-0.1, -0.05) is 15.9 Å². The van der Waals surface area contributed by atoms with E-state index in [-0.39, 0.29) is 0 Å². The predicted molar refractivity (Wildman–Crippen MR) is 87.3 cm³/mol. The fourth-order valence-corrected chi connectivity index (χ4v) is 4.40. The normalized spacial score (nSPS) is 19.4. The minimum absolute atomic E-state index is 0.629. The summed E-state index contributed by atoms with van der Waals surface area (Å²) >= 11 is 11.5. The van der Waals surface area contributed by atoms with Gasteiger partial charge in [0.05, 0.1) is 11.0 Å². The molecule has 0 aliphatic carbocycles. The fourth-order valence-electron chi connectivity index (χ4n) is 2.61. The Hall–Kier alpha value is -0.190. The number of fused-ring (bicyclic) bond motifs is 1. The molecular weight excluding hydrogens is 344 g/mol. The summed E-state index contributed by atoms with van der Waals surface area (Å²) in [6.45, 7) is 1.08. The van der Waals surface area contributed by atoms with Gasteiger partial charge in [0.2, 0.25) is 0 Å². The van der Waals surface area contributed by atoms with E-state index in [9.17, 15) is 0 Å². The van der Waals surface area contributed by atoms with Crippen LogP contribution in [0.3, 0.4) is 0 Å². The van der Waals surface area contributed by atoms with Gasteiger partial charge in [-0.2, -0.15) is 11.8 Å². The molecule has 0 bridgehead atoms. The molecule has 0 spiro atoms. The number of aromatic nitrogens is 2. The molecular formula is C14H16BrClN2S. The first-order valence-electron chi connectivity index (χ1n) is 6.56. The number of hydrogen-bond donors (Lipinski definition) is 0. The van der Waals surface area contributed by atoms with Crippen molar-refractivity contribution >= 4 is 50.3 Å². The maximum absolute atomic E-state index is 5.92. The van der Waals surface area contributed by atoms with E-state index < -0.39 is 0 Å². The molecule has 2 aromatic rings. The lowest BCUT2D eigenvalue weighted by Crippen LogP contribution is -2.13. The molecule has 1 fully saturated rings. The van der Waals surface area contributed by atoms with Gasteiger partial charge in [0.15, 0.2) is 0 Å². The van der Waals surface area contributed by atoms with Gasteiger partial charge in [0.1, 0.15) is 5.82 Å². The second-order valence-corrected chi connectivity index (χ2v) is 7.38. The Labute approximate surface area is 131 Å². The van der Waals surface area contributed by atoms with Gasteiger partial charge in [-0.05, 0) is 42.0 Å². The van der Waals surface area contributed by atoms with Crippen molar-refractivity contribution in [2.24, 2.45) is 5.92 Å². The summed E-state index contributed by atoms with van der Waals surface area (Å²) in [5.74, 6) is 5.10. The van der Waals surface area contributed by atoms with E-state index in [1.807, 2.05) is 0 Å². The van der Waals surface area contributed by atoms with E-state index in [2.05, 4.69) is 50.5 Å². The number of hydrogen-bond acceptors (Lipinski definition) is 2. The number of halogens is 2. The first-order valence-corrected chi connectivity index (χ1v) is 9.04. The molecule has 1 atom stereocenters. The second kappa shape index (κ2) is 6.06. The lowest BCUT2D eigenvalue weighted by atomic mass is 10.1. The Bertz CT molecular complexity index is 578. The Kier molecular flexibility index (Phi) is 4.40. The number of imidazole rings is 1. The molecule has 1 aliphatic rings. The third-order valence-electron chi connectivity index (χ3n) is 3.57. The van der Waals surface area contributed by atoms with Gasteiger partial charge >= 0.3 is 0 Å². The molecule has 1 aromatic carbocycles. The Morgan fingerprint density at radius 1 is 1.47 bits per heavy atom. The molecule has 1 saturated heterocycles. The molecule has 2 heterocycles.